The Morgan fingerprint density at radius 3 is 2.71 bits per heavy atom. The number of hydrogen-bond acceptors (Lipinski definition) is 3. The van der Waals surface area contributed by atoms with Crippen molar-refractivity contribution in [3.05, 3.63) is 47.0 Å². The predicted octanol–water partition coefficient (Wildman–Crippen LogP) is 3.08. The van der Waals surface area contributed by atoms with Crippen LogP contribution in [0.15, 0.2) is 28.7 Å². The fourth-order valence-corrected chi connectivity index (χ4v) is 1.56. The van der Waals surface area contributed by atoms with Crippen molar-refractivity contribution in [3.8, 4) is 17.4 Å². The van der Waals surface area contributed by atoms with E-state index in [0.29, 0.717) is 6.29 Å². The third-order valence-electron chi connectivity index (χ3n) is 2.52. The molecular weight excluding hydrogens is 221 g/mol. The quantitative estimate of drug-likeness (QED) is 0.743. The lowest BCUT2D eigenvalue weighted by Crippen LogP contribution is -1.91. The molecule has 4 heteroatoms. The maximum atomic E-state index is 13.9. The maximum absolute atomic E-state index is 13.9. The van der Waals surface area contributed by atoms with Crippen molar-refractivity contribution in [2.75, 3.05) is 0 Å². The van der Waals surface area contributed by atoms with Crippen LogP contribution in [0.2, 0.25) is 0 Å². The lowest BCUT2D eigenvalue weighted by Gasteiger charge is -2.04. The van der Waals surface area contributed by atoms with E-state index in [0.717, 1.165) is 0 Å². The average molecular weight is 229 g/mol. The monoisotopic (exact) mass is 229 g/mol. The van der Waals surface area contributed by atoms with Crippen molar-refractivity contribution in [1.82, 2.24) is 0 Å². The fourth-order valence-electron chi connectivity index (χ4n) is 1.56. The number of aldehydes is 1. The van der Waals surface area contributed by atoms with Crippen LogP contribution in [0.3, 0.4) is 0 Å². The van der Waals surface area contributed by atoms with Crippen LogP contribution >= 0.6 is 0 Å². The molecular formula is C13H8FNO2. The molecule has 0 atom stereocenters. The molecule has 0 saturated heterocycles. The van der Waals surface area contributed by atoms with Gasteiger partial charge in [-0.3, -0.25) is 4.79 Å². The Bertz CT molecular complexity index is 623. The summed E-state index contributed by atoms with van der Waals surface area (Å²) in [4.78, 5) is 10.5. The Balaban J connectivity index is 2.57. The van der Waals surface area contributed by atoms with Gasteiger partial charge < -0.3 is 4.42 Å². The second-order valence-electron chi connectivity index (χ2n) is 3.53. The molecule has 2 aromatic rings. The molecule has 0 unspecified atom stereocenters. The first kappa shape index (κ1) is 11.1. The minimum atomic E-state index is -0.504. The number of nitriles is 1. The summed E-state index contributed by atoms with van der Waals surface area (Å²) in [6.07, 6.45) is 0.553. The number of carbonyl (C=O) groups is 1. The zero-order valence-electron chi connectivity index (χ0n) is 9.03. The molecule has 17 heavy (non-hydrogen) atoms. The molecule has 0 spiro atoms. The molecule has 1 aromatic heterocycles. The molecule has 84 valence electrons. The second kappa shape index (κ2) is 4.22. The van der Waals surface area contributed by atoms with Gasteiger partial charge in [-0.2, -0.15) is 5.26 Å². The van der Waals surface area contributed by atoms with E-state index in [-0.39, 0.29) is 28.2 Å². The van der Waals surface area contributed by atoms with Crippen LogP contribution in [0.1, 0.15) is 21.7 Å². The fraction of sp³-hybridized carbons (Fsp3) is 0.0769. The third-order valence-corrected chi connectivity index (χ3v) is 2.52. The van der Waals surface area contributed by atoms with Crippen LogP contribution in [-0.4, -0.2) is 6.29 Å². The molecule has 2 rings (SSSR count). The summed E-state index contributed by atoms with van der Waals surface area (Å²) in [5.74, 6) is -0.0885. The van der Waals surface area contributed by atoms with Gasteiger partial charge in [-0.1, -0.05) is 0 Å². The molecule has 0 amide bonds. The SMILES string of the molecule is Cc1c(C#N)ccc(-c2ccc(C=O)o2)c1F. The van der Waals surface area contributed by atoms with E-state index in [1.807, 2.05) is 6.07 Å². The molecule has 3 nitrogen and oxygen atoms in total. The van der Waals surface area contributed by atoms with Gasteiger partial charge >= 0.3 is 0 Å². The molecule has 0 saturated carbocycles. The number of rotatable bonds is 2. The highest BCUT2D eigenvalue weighted by molar-refractivity contribution is 5.73. The van der Waals surface area contributed by atoms with Crippen LogP contribution in [0.4, 0.5) is 4.39 Å². The summed E-state index contributed by atoms with van der Waals surface area (Å²) in [6, 6.07) is 7.88. The van der Waals surface area contributed by atoms with Gasteiger partial charge in [0.1, 0.15) is 11.6 Å². The van der Waals surface area contributed by atoms with E-state index >= 15 is 0 Å². The Labute approximate surface area is 97.1 Å². The van der Waals surface area contributed by atoms with Crippen molar-refractivity contribution < 1.29 is 13.6 Å². The van der Waals surface area contributed by atoms with Gasteiger partial charge in [0.2, 0.25) is 0 Å². The Morgan fingerprint density at radius 1 is 1.35 bits per heavy atom. The highest BCUT2D eigenvalue weighted by atomic mass is 19.1. The molecule has 1 heterocycles. The van der Waals surface area contributed by atoms with E-state index in [1.54, 1.807) is 0 Å². The predicted molar refractivity (Wildman–Crippen MR) is 58.9 cm³/mol. The summed E-state index contributed by atoms with van der Waals surface area (Å²) >= 11 is 0. The second-order valence-corrected chi connectivity index (χ2v) is 3.53. The van der Waals surface area contributed by atoms with E-state index in [2.05, 4.69) is 0 Å². The molecule has 0 fully saturated rings. The van der Waals surface area contributed by atoms with Gasteiger partial charge in [0.25, 0.3) is 0 Å². The highest BCUT2D eigenvalue weighted by Crippen LogP contribution is 2.27. The van der Waals surface area contributed by atoms with Crippen LogP contribution in [0, 0.1) is 24.1 Å². The first-order valence-corrected chi connectivity index (χ1v) is 4.92. The Hall–Kier alpha value is -2.41. The number of furan rings is 1. The maximum Gasteiger partial charge on any atom is 0.185 e. The molecule has 0 bridgehead atoms. The molecule has 0 aliphatic carbocycles. The standard InChI is InChI=1S/C13H8FNO2/c1-8-9(6-15)2-4-11(13(8)14)12-5-3-10(7-16)17-12/h2-5,7H,1H3. The van der Waals surface area contributed by atoms with E-state index in [9.17, 15) is 9.18 Å². The molecule has 0 radical (unpaired) electrons. The number of nitrogens with zero attached hydrogens (tertiary/aromatic N) is 1. The molecule has 0 aliphatic rings. The van der Waals surface area contributed by atoms with Gasteiger partial charge in [0, 0.05) is 5.56 Å². The summed E-state index contributed by atoms with van der Waals surface area (Å²) in [5, 5.41) is 8.76. The zero-order valence-corrected chi connectivity index (χ0v) is 9.03. The van der Waals surface area contributed by atoms with Crippen LogP contribution in [-0.2, 0) is 0 Å². The summed E-state index contributed by atoms with van der Waals surface area (Å²) in [5.41, 5.74) is 0.803. The minimum Gasteiger partial charge on any atom is -0.453 e. The summed E-state index contributed by atoms with van der Waals surface area (Å²) in [7, 11) is 0. The van der Waals surface area contributed by atoms with Gasteiger partial charge in [-0.15, -0.1) is 0 Å². The summed E-state index contributed by atoms with van der Waals surface area (Å²) < 4.78 is 19.1. The van der Waals surface area contributed by atoms with E-state index in [4.69, 9.17) is 9.68 Å². The highest BCUT2D eigenvalue weighted by Gasteiger charge is 2.14. The number of carbonyl (C=O) groups excluding carboxylic acids is 1. The topological polar surface area (TPSA) is 54.0 Å². The zero-order chi connectivity index (χ0) is 12.4. The minimum absolute atomic E-state index is 0.140. The van der Waals surface area contributed by atoms with Crippen molar-refractivity contribution in [1.29, 1.82) is 5.26 Å². The van der Waals surface area contributed by atoms with Crippen LogP contribution < -0.4 is 0 Å². The Morgan fingerprint density at radius 2 is 2.12 bits per heavy atom. The van der Waals surface area contributed by atoms with Crippen LogP contribution in [0.5, 0.6) is 0 Å². The van der Waals surface area contributed by atoms with Gasteiger partial charge in [-0.25, -0.2) is 4.39 Å². The van der Waals surface area contributed by atoms with Crippen LogP contribution in [0.25, 0.3) is 11.3 Å². The smallest absolute Gasteiger partial charge is 0.185 e. The third kappa shape index (κ3) is 1.83. The first-order valence-electron chi connectivity index (χ1n) is 4.92. The van der Waals surface area contributed by atoms with E-state index in [1.165, 1.54) is 31.2 Å². The molecule has 0 N–H and O–H groups in total. The van der Waals surface area contributed by atoms with Crippen molar-refractivity contribution in [2.45, 2.75) is 6.92 Å². The first-order chi connectivity index (χ1) is 8.17. The lowest BCUT2D eigenvalue weighted by atomic mass is 10.0. The summed E-state index contributed by atoms with van der Waals surface area (Å²) in [6.45, 7) is 1.53. The van der Waals surface area contributed by atoms with Crippen molar-refractivity contribution in [2.24, 2.45) is 0 Å². The van der Waals surface area contributed by atoms with E-state index < -0.39 is 5.82 Å². The number of hydrogen-bond donors (Lipinski definition) is 0. The van der Waals surface area contributed by atoms with Crippen molar-refractivity contribution in [3.63, 3.8) is 0 Å². The largest absolute Gasteiger partial charge is 0.453 e. The molecule has 0 aliphatic heterocycles. The van der Waals surface area contributed by atoms with Gasteiger partial charge in [0.15, 0.2) is 12.0 Å². The van der Waals surface area contributed by atoms with Gasteiger partial charge in [-0.05, 0) is 31.2 Å². The number of halogens is 1. The lowest BCUT2D eigenvalue weighted by molar-refractivity contribution is 0.110. The van der Waals surface area contributed by atoms with Crippen molar-refractivity contribution >= 4 is 6.29 Å². The normalized spacial score (nSPS) is 9.94. The van der Waals surface area contributed by atoms with Gasteiger partial charge in [0.05, 0.1) is 17.2 Å². The molecule has 1 aromatic carbocycles. The average Bonchev–Trinajstić information content (AvgIpc) is 2.81. The Kier molecular flexibility index (Phi) is 2.75. The number of benzene rings is 1.